The number of rotatable bonds is 7. The number of halogens is 1. The monoisotopic (exact) mass is 495 g/mol. The zero-order valence-electron chi connectivity index (χ0n) is 20.0. The van der Waals surface area contributed by atoms with Gasteiger partial charge in [-0.05, 0) is 44.0 Å². The Morgan fingerprint density at radius 3 is 2.60 bits per heavy atom. The minimum absolute atomic E-state index is 0.0307. The number of anilines is 2. The van der Waals surface area contributed by atoms with E-state index in [0.29, 0.717) is 46.1 Å². The van der Waals surface area contributed by atoms with E-state index in [9.17, 15) is 17.6 Å². The van der Waals surface area contributed by atoms with Gasteiger partial charge < -0.3 is 5.32 Å². The van der Waals surface area contributed by atoms with Gasteiger partial charge >= 0.3 is 0 Å². The number of nitrogens with one attached hydrogen (secondary N) is 1. The number of aryl methyl sites for hydroxylation is 2. The minimum atomic E-state index is -3.60. The van der Waals surface area contributed by atoms with E-state index >= 15 is 0 Å². The second-order valence-corrected chi connectivity index (χ2v) is 11.4. The molecular weight excluding hydrogens is 469 g/mol. The molecule has 0 amide bonds. The molecule has 1 aliphatic heterocycles. The maximum atomic E-state index is 13.4. The van der Waals surface area contributed by atoms with E-state index in [2.05, 4.69) is 20.4 Å². The van der Waals surface area contributed by atoms with Gasteiger partial charge in [0, 0.05) is 43.6 Å². The molecule has 2 atom stereocenters. The number of pyridine rings is 1. The predicted molar refractivity (Wildman–Crippen MR) is 132 cm³/mol. The van der Waals surface area contributed by atoms with E-state index in [0.717, 1.165) is 17.5 Å². The molecule has 5 rings (SSSR count). The smallest absolute Gasteiger partial charge is 0.177 e. The van der Waals surface area contributed by atoms with Gasteiger partial charge in [-0.1, -0.05) is 6.07 Å². The van der Waals surface area contributed by atoms with E-state index < -0.39 is 21.9 Å². The number of aromatic nitrogens is 3. The minimum Gasteiger partial charge on any atom is -0.353 e. The van der Waals surface area contributed by atoms with Gasteiger partial charge in [0.2, 0.25) is 0 Å². The molecule has 182 valence electrons. The first-order valence-corrected chi connectivity index (χ1v) is 13.2. The molecule has 10 heteroatoms. The summed E-state index contributed by atoms with van der Waals surface area (Å²) in [5.74, 6) is -0.711. The highest BCUT2D eigenvalue weighted by molar-refractivity contribution is 7.90. The highest BCUT2D eigenvalue weighted by Gasteiger charge is 2.43. The van der Waals surface area contributed by atoms with Crippen LogP contribution in [0.5, 0.6) is 0 Å². The third-order valence-electron chi connectivity index (χ3n) is 6.26. The number of carbonyl (C=O) groups is 1. The molecule has 2 aromatic heterocycles. The normalized spacial score (nSPS) is 18.8. The molecule has 0 spiro atoms. The topological polar surface area (TPSA) is 106 Å². The van der Waals surface area contributed by atoms with Crippen molar-refractivity contribution in [2.45, 2.75) is 44.2 Å². The average molecular weight is 496 g/mol. The number of nitrogens with zero attached hydrogens (tertiary/aromatic N) is 4. The highest BCUT2D eigenvalue weighted by atomic mass is 32.2. The fourth-order valence-corrected chi connectivity index (χ4v) is 5.34. The lowest BCUT2D eigenvalue weighted by atomic mass is 10.1. The van der Waals surface area contributed by atoms with Crippen LogP contribution < -0.4 is 5.32 Å². The first-order chi connectivity index (χ1) is 16.5. The second-order valence-electron chi connectivity index (χ2n) is 9.42. The predicted octanol–water partition coefficient (Wildman–Crippen LogP) is 4.06. The summed E-state index contributed by atoms with van der Waals surface area (Å²) < 4.78 is 40.5. The van der Waals surface area contributed by atoms with Crippen LogP contribution in [0.2, 0.25) is 0 Å². The third kappa shape index (κ3) is 4.62. The number of ketones is 1. The summed E-state index contributed by atoms with van der Waals surface area (Å²) in [7, 11) is -1.78. The van der Waals surface area contributed by atoms with Crippen LogP contribution in [-0.2, 0) is 34.5 Å². The Labute approximate surface area is 203 Å². The quantitative estimate of drug-likeness (QED) is 0.530. The van der Waals surface area contributed by atoms with E-state index in [-0.39, 0.29) is 23.5 Å². The number of fused-ring (bicyclic) bond motifs is 1. The summed E-state index contributed by atoms with van der Waals surface area (Å²) in [6, 6.07) is 6.85. The van der Waals surface area contributed by atoms with Gasteiger partial charge in [-0.15, -0.1) is 0 Å². The number of carbonyl (C=O) groups excluding carboxylic acids is 1. The largest absolute Gasteiger partial charge is 0.353 e. The molecule has 0 unspecified atom stereocenters. The number of aliphatic imine (C=N–C) groups is 1. The first kappa shape index (κ1) is 23.3. The summed E-state index contributed by atoms with van der Waals surface area (Å²) in [6.07, 6.45) is 2.82. The van der Waals surface area contributed by atoms with Crippen molar-refractivity contribution in [2.75, 3.05) is 11.6 Å². The van der Waals surface area contributed by atoms with Crippen molar-refractivity contribution in [2.24, 2.45) is 18.0 Å². The molecule has 1 aromatic carbocycles. The lowest BCUT2D eigenvalue weighted by Gasteiger charge is -2.15. The fourth-order valence-electron chi connectivity index (χ4n) is 4.48. The second kappa shape index (κ2) is 8.37. The number of hydrogen-bond acceptors (Lipinski definition) is 7. The first-order valence-electron chi connectivity index (χ1n) is 11.3. The standard InChI is InChI=1S/C25H26FN5O3S/c1-13-12-31(3)30-24(13)15-5-6-19(23(8-15)35(4,33)34)29-21-9-16(10-22(32)17-11-18(17)26)28-20-7-14(2)27-25(20)21/h5-6,8-9,12,17-18H,7,10-11H2,1-4H3,(H,28,29)/t17-,18+/m0/s1. The number of sulfone groups is 1. The van der Waals surface area contributed by atoms with Gasteiger partial charge in [0.25, 0.3) is 0 Å². The van der Waals surface area contributed by atoms with Gasteiger partial charge in [-0.2, -0.15) is 5.10 Å². The van der Waals surface area contributed by atoms with Gasteiger partial charge in [0.05, 0.1) is 39.3 Å². The van der Waals surface area contributed by atoms with Crippen molar-refractivity contribution in [3.63, 3.8) is 0 Å². The van der Waals surface area contributed by atoms with Gasteiger partial charge in [-0.25, -0.2) is 12.8 Å². The van der Waals surface area contributed by atoms with Crippen molar-refractivity contribution >= 4 is 38.4 Å². The summed E-state index contributed by atoms with van der Waals surface area (Å²) in [6.45, 7) is 3.81. The number of hydrogen-bond donors (Lipinski definition) is 1. The molecule has 8 nitrogen and oxygen atoms in total. The molecule has 1 N–H and O–H groups in total. The van der Waals surface area contributed by atoms with E-state index in [4.69, 9.17) is 0 Å². The fraction of sp³-hybridized carbons (Fsp3) is 0.360. The molecule has 1 aliphatic carbocycles. The van der Waals surface area contributed by atoms with Crippen LogP contribution >= 0.6 is 0 Å². The van der Waals surface area contributed by atoms with Crippen molar-refractivity contribution in [3.8, 4) is 11.3 Å². The number of Topliss-reactive ketones (excluding diaryl/α,β-unsaturated/α-hetero) is 1. The van der Waals surface area contributed by atoms with Crippen molar-refractivity contribution in [3.05, 3.63) is 47.4 Å². The molecule has 3 heterocycles. The Bertz CT molecular complexity index is 1510. The summed E-state index contributed by atoms with van der Waals surface area (Å²) in [5.41, 5.74) is 6.01. The van der Waals surface area contributed by atoms with Crippen molar-refractivity contribution in [1.82, 2.24) is 14.8 Å². The maximum absolute atomic E-state index is 13.4. The van der Waals surface area contributed by atoms with Gasteiger partial charge in [-0.3, -0.25) is 19.5 Å². The molecular formula is C25H26FN5O3S. The van der Waals surface area contributed by atoms with Crippen molar-refractivity contribution in [1.29, 1.82) is 0 Å². The van der Waals surface area contributed by atoms with Gasteiger partial charge in [0.1, 0.15) is 17.6 Å². The Kier molecular flexibility index (Phi) is 5.58. The van der Waals surface area contributed by atoms with E-state index in [1.165, 1.54) is 0 Å². The van der Waals surface area contributed by atoms with Crippen molar-refractivity contribution < 1.29 is 17.6 Å². The zero-order valence-corrected chi connectivity index (χ0v) is 20.8. The molecule has 1 saturated carbocycles. The molecule has 3 aromatic rings. The van der Waals surface area contributed by atoms with Crippen LogP contribution in [-0.4, -0.2) is 47.1 Å². The highest BCUT2D eigenvalue weighted by Crippen LogP contribution is 2.40. The average Bonchev–Trinajstić information content (AvgIpc) is 3.23. The Balaban J connectivity index is 1.55. The molecule has 35 heavy (non-hydrogen) atoms. The lowest BCUT2D eigenvalue weighted by molar-refractivity contribution is -0.120. The molecule has 0 radical (unpaired) electrons. The number of alkyl halides is 1. The molecule has 0 saturated heterocycles. The SMILES string of the molecule is CC1=Nc2c(Nc3ccc(-c4nn(C)cc4C)cc3S(C)(=O)=O)cc(CC(=O)[C@H]3C[C@H]3F)nc2C1. The number of benzene rings is 1. The van der Waals surface area contributed by atoms with Crippen LogP contribution in [0.25, 0.3) is 11.3 Å². The van der Waals surface area contributed by atoms with Crippen LogP contribution in [0.3, 0.4) is 0 Å². The summed E-state index contributed by atoms with van der Waals surface area (Å²) >= 11 is 0. The Hall–Kier alpha value is -3.40. The van der Waals surface area contributed by atoms with E-state index in [1.54, 1.807) is 22.9 Å². The Morgan fingerprint density at radius 2 is 1.97 bits per heavy atom. The maximum Gasteiger partial charge on any atom is 0.177 e. The Morgan fingerprint density at radius 1 is 1.23 bits per heavy atom. The molecule has 1 fully saturated rings. The van der Waals surface area contributed by atoms with Crippen LogP contribution in [0.15, 0.2) is 40.4 Å². The molecule has 0 bridgehead atoms. The molecule has 2 aliphatic rings. The third-order valence-corrected chi connectivity index (χ3v) is 7.40. The summed E-state index contributed by atoms with van der Waals surface area (Å²) in [4.78, 5) is 21.7. The summed E-state index contributed by atoms with van der Waals surface area (Å²) in [5, 5.41) is 7.68. The van der Waals surface area contributed by atoms with E-state index in [1.807, 2.05) is 33.2 Å². The van der Waals surface area contributed by atoms with Crippen LogP contribution in [0.1, 0.15) is 30.3 Å². The zero-order chi connectivity index (χ0) is 25.1. The lowest BCUT2D eigenvalue weighted by Crippen LogP contribution is -2.10. The van der Waals surface area contributed by atoms with Crippen LogP contribution in [0.4, 0.5) is 21.5 Å². The van der Waals surface area contributed by atoms with Crippen LogP contribution in [0, 0.1) is 12.8 Å². The van der Waals surface area contributed by atoms with Gasteiger partial charge in [0.15, 0.2) is 9.84 Å².